The molecular weight excluding hydrogens is 274 g/mol. The van der Waals surface area contributed by atoms with Gasteiger partial charge in [0, 0.05) is 6.42 Å². The molecule has 6 heteroatoms. The smallest absolute Gasteiger partial charge is 0.240 e. The maximum absolute atomic E-state index is 11.2. The van der Waals surface area contributed by atoms with Crippen molar-refractivity contribution >= 4 is 29.7 Å². The second-order valence-electron chi connectivity index (χ2n) is 5.24. The highest BCUT2D eigenvalue weighted by atomic mass is 32.1. The van der Waals surface area contributed by atoms with Gasteiger partial charge in [0.25, 0.3) is 0 Å². The molecule has 0 radical (unpaired) electrons. The maximum Gasteiger partial charge on any atom is 0.240 e. The fraction of sp³-hybridized carbons (Fsp3) is 0.500. The van der Waals surface area contributed by atoms with Gasteiger partial charge in [-0.2, -0.15) is 0 Å². The van der Waals surface area contributed by atoms with Gasteiger partial charge in [0.1, 0.15) is 6.04 Å². The molecule has 0 aromatic carbocycles. The van der Waals surface area contributed by atoms with Crippen molar-refractivity contribution in [2.75, 3.05) is 0 Å². The molecule has 0 saturated carbocycles. The molecule has 2 rings (SSSR count). The molecule has 3 N–H and O–H groups in total. The maximum atomic E-state index is 11.2. The van der Waals surface area contributed by atoms with E-state index in [1.54, 1.807) is 11.3 Å². The number of aromatic nitrogens is 1. The van der Waals surface area contributed by atoms with Crippen LogP contribution in [0.2, 0.25) is 0 Å². The summed E-state index contributed by atoms with van der Waals surface area (Å²) in [4.78, 5) is 27.5. The number of thiazole rings is 1. The Labute approximate surface area is 122 Å². The van der Waals surface area contributed by atoms with Crippen LogP contribution in [0.4, 0.5) is 0 Å². The van der Waals surface area contributed by atoms with Gasteiger partial charge < -0.3 is 11.1 Å². The van der Waals surface area contributed by atoms with Crippen LogP contribution in [0.15, 0.2) is 5.57 Å². The molecule has 0 spiro atoms. The summed E-state index contributed by atoms with van der Waals surface area (Å²) in [5, 5.41) is 3.28. The first-order chi connectivity index (χ1) is 9.51. The van der Waals surface area contributed by atoms with E-state index in [9.17, 15) is 9.59 Å². The van der Waals surface area contributed by atoms with E-state index in [0.717, 1.165) is 23.5 Å². The molecule has 1 aromatic rings. The van der Waals surface area contributed by atoms with Crippen LogP contribution in [0.25, 0.3) is 6.08 Å². The van der Waals surface area contributed by atoms with Gasteiger partial charge in [-0.3, -0.25) is 9.59 Å². The average Bonchev–Trinajstić information content (AvgIpc) is 2.79. The third-order valence-electron chi connectivity index (χ3n) is 3.47. The van der Waals surface area contributed by atoms with Crippen molar-refractivity contribution in [3.63, 3.8) is 0 Å². The number of nitrogens with two attached hydrogens (primary N) is 1. The number of carbonyl (C=O) groups excluding carboxylic acids is 2. The van der Waals surface area contributed by atoms with Crippen LogP contribution in [0, 0.1) is 5.92 Å². The monoisotopic (exact) mass is 293 g/mol. The summed E-state index contributed by atoms with van der Waals surface area (Å²) < 4.78 is 0. The Bertz CT molecular complexity index is 549. The lowest BCUT2D eigenvalue weighted by molar-refractivity contribution is -0.122. The van der Waals surface area contributed by atoms with Crippen molar-refractivity contribution < 1.29 is 9.59 Å². The zero-order chi connectivity index (χ0) is 14.7. The summed E-state index contributed by atoms with van der Waals surface area (Å²) in [7, 11) is 0. The zero-order valence-corrected chi connectivity index (χ0v) is 12.5. The van der Waals surface area contributed by atoms with Crippen LogP contribution in [0.3, 0.4) is 0 Å². The van der Waals surface area contributed by atoms with Crippen molar-refractivity contribution in [2.45, 2.75) is 39.2 Å². The van der Waals surface area contributed by atoms with Gasteiger partial charge in [-0.25, -0.2) is 4.98 Å². The van der Waals surface area contributed by atoms with Crippen LogP contribution in [-0.4, -0.2) is 23.3 Å². The summed E-state index contributed by atoms with van der Waals surface area (Å²) in [6.45, 7) is 4.38. The van der Waals surface area contributed by atoms with Crippen molar-refractivity contribution in [1.82, 2.24) is 10.3 Å². The molecule has 108 valence electrons. The SMILES string of the molecule is CC(C)C1=Cc2sc(CC(NC=O)C(N)=O)nc2CC1. The zero-order valence-electron chi connectivity index (χ0n) is 11.7. The molecule has 1 unspecified atom stereocenters. The molecule has 1 heterocycles. The number of nitrogens with zero attached hydrogens (tertiary/aromatic N) is 1. The quantitative estimate of drug-likeness (QED) is 0.775. The average molecular weight is 293 g/mol. The molecule has 2 amide bonds. The van der Waals surface area contributed by atoms with E-state index >= 15 is 0 Å². The fourth-order valence-corrected chi connectivity index (χ4v) is 3.39. The minimum Gasteiger partial charge on any atom is -0.368 e. The lowest BCUT2D eigenvalue weighted by Crippen LogP contribution is -2.42. The second-order valence-corrected chi connectivity index (χ2v) is 6.35. The number of nitrogens with one attached hydrogen (secondary N) is 1. The second kappa shape index (κ2) is 6.17. The van der Waals surface area contributed by atoms with E-state index in [-0.39, 0.29) is 0 Å². The highest BCUT2D eigenvalue weighted by Crippen LogP contribution is 2.32. The van der Waals surface area contributed by atoms with Gasteiger partial charge in [0.05, 0.1) is 15.6 Å². The number of hydrogen-bond donors (Lipinski definition) is 2. The van der Waals surface area contributed by atoms with Gasteiger partial charge in [-0.15, -0.1) is 11.3 Å². The summed E-state index contributed by atoms with van der Waals surface area (Å²) in [5.74, 6) is 0.00693. The number of rotatable bonds is 6. The Morgan fingerprint density at radius 2 is 2.30 bits per heavy atom. The molecule has 0 saturated heterocycles. The largest absolute Gasteiger partial charge is 0.368 e. The van der Waals surface area contributed by atoms with E-state index < -0.39 is 11.9 Å². The molecule has 1 aliphatic rings. The predicted octanol–water partition coefficient (Wildman–Crippen LogP) is 1.27. The molecule has 1 aliphatic carbocycles. The number of fused-ring (bicyclic) bond motifs is 1. The van der Waals surface area contributed by atoms with Crippen LogP contribution in [0.5, 0.6) is 0 Å². The molecular formula is C14H19N3O2S. The highest BCUT2D eigenvalue weighted by molar-refractivity contribution is 7.12. The van der Waals surface area contributed by atoms with Gasteiger partial charge >= 0.3 is 0 Å². The Morgan fingerprint density at radius 3 is 2.90 bits per heavy atom. The minimum absolute atomic E-state index is 0.358. The molecule has 1 atom stereocenters. The fourth-order valence-electron chi connectivity index (χ4n) is 2.25. The van der Waals surface area contributed by atoms with Crippen molar-refractivity contribution in [3.8, 4) is 0 Å². The molecule has 1 aromatic heterocycles. The number of primary amides is 1. The number of amides is 2. The van der Waals surface area contributed by atoms with Crippen molar-refractivity contribution in [1.29, 1.82) is 0 Å². The van der Waals surface area contributed by atoms with E-state index in [1.807, 2.05) is 0 Å². The van der Waals surface area contributed by atoms with Gasteiger partial charge in [0.15, 0.2) is 0 Å². The Hall–Kier alpha value is -1.69. The van der Waals surface area contributed by atoms with E-state index in [2.05, 4.69) is 30.2 Å². The lowest BCUT2D eigenvalue weighted by atomic mass is 9.93. The molecule has 5 nitrogen and oxygen atoms in total. The van der Waals surface area contributed by atoms with Crippen LogP contribution in [-0.2, 0) is 22.4 Å². The first-order valence-corrected chi connectivity index (χ1v) is 7.51. The Balaban J connectivity index is 2.17. The van der Waals surface area contributed by atoms with Gasteiger partial charge in [-0.1, -0.05) is 19.4 Å². The van der Waals surface area contributed by atoms with Crippen LogP contribution < -0.4 is 11.1 Å². The van der Waals surface area contributed by atoms with E-state index in [4.69, 9.17) is 5.73 Å². The summed E-state index contributed by atoms with van der Waals surface area (Å²) >= 11 is 1.58. The third kappa shape index (κ3) is 3.25. The Kier molecular flexibility index (Phi) is 4.54. The van der Waals surface area contributed by atoms with Crippen LogP contribution >= 0.6 is 11.3 Å². The minimum atomic E-state index is -0.686. The summed E-state index contributed by atoms with van der Waals surface area (Å²) in [6, 6.07) is -0.686. The van der Waals surface area contributed by atoms with Crippen LogP contribution in [0.1, 0.15) is 35.8 Å². The lowest BCUT2D eigenvalue weighted by Gasteiger charge is -2.15. The summed E-state index contributed by atoms with van der Waals surface area (Å²) in [5.41, 5.74) is 7.78. The van der Waals surface area contributed by atoms with Gasteiger partial charge in [-0.05, 0) is 24.8 Å². The topological polar surface area (TPSA) is 85.1 Å². The van der Waals surface area contributed by atoms with E-state index in [0.29, 0.717) is 18.7 Å². The predicted molar refractivity (Wildman–Crippen MR) is 79.1 cm³/mol. The van der Waals surface area contributed by atoms with Gasteiger partial charge in [0.2, 0.25) is 12.3 Å². The normalized spacial score (nSPS) is 15.4. The molecule has 0 bridgehead atoms. The van der Waals surface area contributed by atoms with E-state index in [1.165, 1.54) is 10.5 Å². The number of hydrogen-bond acceptors (Lipinski definition) is 4. The third-order valence-corrected chi connectivity index (χ3v) is 4.54. The molecule has 0 fully saturated rings. The number of aryl methyl sites for hydroxylation is 1. The van der Waals surface area contributed by atoms with Crippen molar-refractivity contribution in [3.05, 3.63) is 21.2 Å². The summed E-state index contributed by atoms with van der Waals surface area (Å²) in [6.07, 6.45) is 5.05. The molecule has 0 aliphatic heterocycles. The Morgan fingerprint density at radius 1 is 1.55 bits per heavy atom. The van der Waals surface area contributed by atoms with Crippen molar-refractivity contribution in [2.24, 2.45) is 11.7 Å². The first kappa shape index (κ1) is 14.7. The molecule has 20 heavy (non-hydrogen) atoms. The number of carbonyl (C=O) groups is 2. The first-order valence-electron chi connectivity index (χ1n) is 6.69. The number of allylic oxidation sites excluding steroid dienone is 1. The highest BCUT2D eigenvalue weighted by Gasteiger charge is 2.21. The standard InChI is InChI=1S/C14H19N3O2S/c1-8(2)9-3-4-10-12(5-9)20-13(17-10)6-11(14(15)19)16-7-18/h5,7-8,11H,3-4,6H2,1-2H3,(H2,15,19)(H,16,18).